The summed E-state index contributed by atoms with van der Waals surface area (Å²) in [4.78, 5) is 11.8. The molecule has 1 aliphatic heterocycles. The van der Waals surface area contributed by atoms with Crippen molar-refractivity contribution >= 4 is 5.97 Å². The predicted molar refractivity (Wildman–Crippen MR) is 66.9 cm³/mol. The van der Waals surface area contributed by atoms with Gasteiger partial charge in [-0.15, -0.1) is 0 Å². The summed E-state index contributed by atoms with van der Waals surface area (Å²) in [6.45, 7) is 10.2. The van der Waals surface area contributed by atoms with Crippen molar-refractivity contribution in [3.8, 4) is 0 Å². The molecule has 1 saturated heterocycles. The first-order valence-electron chi connectivity index (χ1n) is 6.46. The van der Waals surface area contributed by atoms with Crippen molar-refractivity contribution in [2.75, 3.05) is 19.7 Å². The quantitative estimate of drug-likeness (QED) is 0.764. The monoisotopic (exact) mass is 243 g/mol. The second-order valence-electron chi connectivity index (χ2n) is 5.54. The Labute approximate surface area is 104 Å². The van der Waals surface area contributed by atoms with Gasteiger partial charge >= 0.3 is 5.97 Å². The molecule has 1 aliphatic rings. The van der Waals surface area contributed by atoms with Gasteiger partial charge in [-0.25, -0.2) is 0 Å². The molecule has 0 aromatic heterocycles. The highest BCUT2D eigenvalue weighted by Gasteiger charge is 2.29. The SMILES string of the molecule is CCO[C@H]1CCNC[C@H]1CC(=O)OC(C)(C)C. The number of carbonyl (C=O) groups excluding carboxylic acids is 1. The first-order chi connectivity index (χ1) is 7.92. The van der Waals surface area contributed by atoms with Crippen LogP contribution in [0.3, 0.4) is 0 Å². The molecule has 0 bridgehead atoms. The van der Waals surface area contributed by atoms with E-state index in [-0.39, 0.29) is 18.0 Å². The standard InChI is InChI=1S/C13H25NO3/c1-5-16-11-6-7-14-9-10(11)8-12(15)17-13(2,3)4/h10-11,14H,5-9H2,1-4H3/t10-,11+/m1/s1. The highest BCUT2D eigenvalue weighted by Crippen LogP contribution is 2.20. The van der Waals surface area contributed by atoms with Crippen LogP contribution in [-0.4, -0.2) is 37.4 Å². The average Bonchev–Trinajstić information content (AvgIpc) is 2.18. The molecule has 0 unspecified atom stereocenters. The number of hydrogen-bond donors (Lipinski definition) is 1. The Morgan fingerprint density at radius 1 is 1.41 bits per heavy atom. The van der Waals surface area contributed by atoms with E-state index in [1.807, 2.05) is 27.7 Å². The largest absolute Gasteiger partial charge is 0.460 e. The van der Waals surface area contributed by atoms with Gasteiger partial charge in [0.05, 0.1) is 12.5 Å². The highest BCUT2D eigenvalue weighted by molar-refractivity contribution is 5.70. The summed E-state index contributed by atoms with van der Waals surface area (Å²) in [6, 6.07) is 0. The zero-order valence-corrected chi connectivity index (χ0v) is 11.4. The minimum atomic E-state index is -0.402. The van der Waals surface area contributed by atoms with E-state index in [0.717, 1.165) is 19.5 Å². The highest BCUT2D eigenvalue weighted by atomic mass is 16.6. The molecule has 0 aromatic rings. The van der Waals surface area contributed by atoms with Crippen LogP contribution in [0.5, 0.6) is 0 Å². The van der Waals surface area contributed by atoms with E-state index in [9.17, 15) is 4.79 Å². The third-order valence-corrected chi connectivity index (χ3v) is 2.77. The summed E-state index contributed by atoms with van der Waals surface area (Å²) in [5, 5.41) is 3.30. The van der Waals surface area contributed by atoms with Crippen molar-refractivity contribution in [1.29, 1.82) is 0 Å². The maximum Gasteiger partial charge on any atom is 0.306 e. The van der Waals surface area contributed by atoms with Crippen LogP contribution in [-0.2, 0) is 14.3 Å². The number of carbonyl (C=O) groups is 1. The molecule has 0 amide bonds. The maximum atomic E-state index is 11.8. The number of hydrogen-bond acceptors (Lipinski definition) is 4. The minimum Gasteiger partial charge on any atom is -0.460 e. The molecule has 0 aromatic carbocycles. The molecule has 0 radical (unpaired) electrons. The van der Waals surface area contributed by atoms with E-state index in [2.05, 4.69) is 5.32 Å². The van der Waals surface area contributed by atoms with Crippen LogP contribution in [0, 0.1) is 5.92 Å². The molecule has 4 heteroatoms. The van der Waals surface area contributed by atoms with E-state index in [0.29, 0.717) is 13.0 Å². The summed E-state index contributed by atoms with van der Waals surface area (Å²) in [5.41, 5.74) is -0.402. The molecule has 1 rings (SSSR count). The fraction of sp³-hybridized carbons (Fsp3) is 0.923. The number of esters is 1. The second-order valence-corrected chi connectivity index (χ2v) is 5.54. The van der Waals surface area contributed by atoms with Gasteiger partial charge in [-0.2, -0.15) is 0 Å². The summed E-state index contributed by atoms with van der Waals surface area (Å²) >= 11 is 0. The van der Waals surface area contributed by atoms with Crippen molar-refractivity contribution in [3.63, 3.8) is 0 Å². The zero-order valence-electron chi connectivity index (χ0n) is 11.4. The van der Waals surface area contributed by atoms with E-state index < -0.39 is 5.60 Å². The first-order valence-corrected chi connectivity index (χ1v) is 6.46. The Balaban J connectivity index is 2.44. The lowest BCUT2D eigenvalue weighted by Gasteiger charge is -2.32. The first kappa shape index (κ1) is 14.5. The van der Waals surface area contributed by atoms with Gasteiger partial charge < -0.3 is 14.8 Å². The summed E-state index contributed by atoms with van der Waals surface area (Å²) < 4.78 is 11.0. The smallest absolute Gasteiger partial charge is 0.306 e. The van der Waals surface area contributed by atoms with Gasteiger partial charge in [0.2, 0.25) is 0 Å². The molecule has 1 fully saturated rings. The van der Waals surface area contributed by atoms with Crippen LogP contribution < -0.4 is 5.32 Å². The molecule has 0 aliphatic carbocycles. The lowest BCUT2D eigenvalue weighted by atomic mass is 9.92. The van der Waals surface area contributed by atoms with Gasteiger partial charge in [0, 0.05) is 19.1 Å². The number of nitrogens with one attached hydrogen (secondary N) is 1. The molecular weight excluding hydrogens is 218 g/mol. The summed E-state index contributed by atoms with van der Waals surface area (Å²) in [7, 11) is 0. The van der Waals surface area contributed by atoms with Crippen LogP contribution in [0.2, 0.25) is 0 Å². The van der Waals surface area contributed by atoms with Crippen LogP contribution in [0.15, 0.2) is 0 Å². The van der Waals surface area contributed by atoms with Gasteiger partial charge in [-0.1, -0.05) is 0 Å². The molecule has 0 spiro atoms. The van der Waals surface area contributed by atoms with Gasteiger partial charge in [-0.3, -0.25) is 4.79 Å². The molecule has 0 saturated carbocycles. The molecule has 100 valence electrons. The second kappa shape index (κ2) is 6.36. The van der Waals surface area contributed by atoms with Crippen molar-refractivity contribution in [1.82, 2.24) is 5.32 Å². The zero-order chi connectivity index (χ0) is 12.9. The summed E-state index contributed by atoms with van der Waals surface area (Å²) in [5.74, 6) is 0.106. The molecule has 1 heterocycles. The fourth-order valence-corrected chi connectivity index (χ4v) is 2.13. The van der Waals surface area contributed by atoms with E-state index in [1.165, 1.54) is 0 Å². The number of piperidine rings is 1. The van der Waals surface area contributed by atoms with Crippen LogP contribution in [0.25, 0.3) is 0 Å². The Bertz CT molecular complexity index is 246. The Morgan fingerprint density at radius 3 is 2.71 bits per heavy atom. The lowest BCUT2D eigenvalue weighted by Crippen LogP contribution is -2.43. The van der Waals surface area contributed by atoms with Crippen molar-refractivity contribution in [2.24, 2.45) is 5.92 Å². The minimum absolute atomic E-state index is 0.129. The van der Waals surface area contributed by atoms with Gasteiger partial charge in [0.15, 0.2) is 0 Å². The topological polar surface area (TPSA) is 47.6 Å². The molecule has 17 heavy (non-hydrogen) atoms. The Morgan fingerprint density at radius 2 is 2.12 bits per heavy atom. The average molecular weight is 243 g/mol. The predicted octanol–water partition coefficient (Wildman–Crippen LogP) is 1.73. The van der Waals surface area contributed by atoms with E-state index >= 15 is 0 Å². The van der Waals surface area contributed by atoms with Gasteiger partial charge in [0.1, 0.15) is 5.60 Å². The van der Waals surface area contributed by atoms with E-state index in [1.54, 1.807) is 0 Å². The third-order valence-electron chi connectivity index (χ3n) is 2.77. The van der Waals surface area contributed by atoms with Gasteiger partial charge in [0.25, 0.3) is 0 Å². The van der Waals surface area contributed by atoms with Crippen molar-refractivity contribution in [2.45, 2.75) is 52.2 Å². The van der Waals surface area contributed by atoms with Crippen LogP contribution in [0.1, 0.15) is 40.5 Å². The van der Waals surface area contributed by atoms with Crippen molar-refractivity contribution < 1.29 is 14.3 Å². The van der Waals surface area contributed by atoms with Crippen LogP contribution in [0.4, 0.5) is 0 Å². The number of rotatable bonds is 4. The Kier molecular flexibility index (Phi) is 5.40. The Hall–Kier alpha value is -0.610. The normalized spacial score (nSPS) is 25.6. The molecule has 2 atom stereocenters. The summed E-state index contributed by atoms with van der Waals surface area (Å²) in [6.07, 6.45) is 1.60. The number of ether oxygens (including phenoxy) is 2. The molecule has 4 nitrogen and oxygen atoms in total. The van der Waals surface area contributed by atoms with Crippen LogP contribution >= 0.6 is 0 Å². The third kappa shape index (κ3) is 5.50. The van der Waals surface area contributed by atoms with E-state index in [4.69, 9.17) is 9.47 Å². The molecule has 1 N–H and O–H groups in total. The molecular formula is C13H25NO3. The fourth-order valence-electron chi connectivity index (χ4n) is 2.13. The lowest BCUT2D eigenvalue weighted by molar-refractivity contribution is -0.157. The van der Waals surface area contributed by atoms with Crippen molar-refractivity contribution in [3.05, 3.63) is 0 Å². The maximum absolute atomic E-state index is 11.8. The van der Waals surface area contributed by atoms with Gasteiger partial charge in [-0.05, 0) is 40.7 Å².